The van der Waals surface area contributed by atoms with E-state index in [0.717, 1.165) is 75.0 Å². The molecule has 8 heteroatoms. The number of ether oxygens (including phenoxy) is 2. The van der Waals surface area contributed by atoms with Crippen molar-refractivity contribution in [2.45, 2.75) is 18.9 Å². The van der Waals surface area contributed by atoms with Gasteiger partial charge in [0.25, 0.3) is 0 Å². The number of nitrogens with two attached hydrogens (primary N) is 1. The van der Waals surface area contributed by atoms with Crippen LogP contribution in [0.2, 0.25) is 0 Å². The molecule has 0 unspecified atom stereocenters. The molecular weight excluding hydrogens is 416 g/mol. The number of anilines is 5. The topological polar surface area (TPSA) is 97.6 Å². The summed E-state index contributed by atoms with van der Waals surface area (Å²) in [7, 11) is 0. The van der Waals surface area contributed by atoms with Gasteiger partial charge in [0.2, 0.25) is 5.95 Å². The first kappa shape index (κ1) is 21.5. The lowest BCUT2D eigenvalue weighted by molar-refractivity contribution is 0.0904. The van der Waals surface area contributed by atoms with Crippen molar-refractivity contribution in [2.24, 2.45) is 0 Å². The summed E-state index contributed by atoms with van der Waals surface area (Å²) >= 11 is 0. The number of aromatic nitrogens is 2. The summed E-state index contributed by atoms with van der Waals surface area (Å²) in [4.78, 5) is 11.4. The lowest BCUT2D eigenvalue weighted by atomic mass is 10.1. The van der Waals surface area contributed by atoms with E-state index in [1.165, 1.54) is 5.69 Å². The molecule has 0 spiro atoms. The van der Waals surface area contributed by atoms with Crippen LogP contribution in [0.5, 0.6) is 0 Å². The molecule has 0 radical (unpaired) electrons. The average Bonchev–Trinajstić information content (AvgIpc) is 2.87. The third-order valence-corrected chi connectivity index (χ3v) is 6.08. The van der Waals surface area contributed by atoms with Crippen molar-refractivity contribution >= 4 is 28.7 Å². The molecule has 0 aliphatic carbocycles. The van der Waals surface area contributed by atoms with Crippen LogP contribution >= 0.6 is 0 Å². The Morgan fingerprint density at radius 3 is 2.42 bits per heavy atom. The van der Waals surface area contributed by atoms with Gasteiger partial charge in [-0.25, -0.2) is 9.97 Å². The Hall–Kier alpha value is -3.36. The first-order chi connectivity index (χ1) is 16.2. The zero-order valence-electron chi connectivity index (χ0n) is 18.7. The van der Waals surface area contributed by atoms with Crippen molar-refractivity contribution in [2.75, 3.05) is 60.8 Å². The Bertz CT molecular complexity index is 1060. The van der Waals surface area contributed by atoms with Crippen LogP contribution in [0.15, 0.2) is 54.7 Å². The number of benzene rings is 2. The molecule has 33 heavy (non-hydrogen) atoms. The van der Waals surface area contributed by atoms with Gasteiger partial charge in [-0.2, -0.15) is 0 Å². The fraction of sp³-hybridized carbons (Fsp3) is 0.360. The number of nitrogens with zero attached hydrogens (tertiary/aromatic N) is 3. The van der Waals surface area contributed by atoms with Crippen molar-refractivity contribution in [3.8, 4) is 11.3 Å². The number of hydrogen-bond donors (Lipinski definition) is 3. The van der Waals surface area contributed by atoms with Gasteiger partial charge in [0.1, 0.15) is 0 Å². The van der Waals surface area contributed by atoms with Crippen molar-refractivity contribution in [1.82, 2.24) is 9.97 Å². The molecule has 2 saturated heterocycles. The summed E-state index contributed by atoms with van der Waals surface area (Å²) in [6.45, 7) is 4.98. The molecule has 4 N–H and O–H groups in total. The normalized spacial score (nSPS) is 17.0. The summed E-state index contributed by atoms with van der Waals surface area (Å²) in [6, 6.07) is 16.7. The van der Waals surface area contributed by atoms with Gasteiger partial charge in [-0.15, -0.1) is 0 Å². The molecule has 2 aliphatic rings. The highest BCUT2D eigenvalue weighted by Gasteiger charge is 2.15. The smallest absolute Gasteiger partial charge is 0.227 e. The lowest BCUT2D eigenvalue weighted by Gasteiger charge is -2.28. The van der Waals surface area contributed by atoms with Crippen LogP contribution in [0.1, 0.15) is 12.8 Å². The van der Waals surface area contributed by atoms with E-state index in [1.807, 2.05) is 24.3 Å². The third kappa shape index (κ3) is 5.35. The van der Waals surface area contributed by atoms with Crippen molar-refractivity contribution < 1.29 is 9.47 Å². The Balaban J connectivity index is 1.26. The molecule has 0 saturated carbocycles. The number of rotatable bonds is 6. The van der Waals surface area contributed by atoms with Crippen molar-refractivity contribution in [3.63, 3.8) is 0 Å². The quantitative estimate of drug-likeness (QED) is 0.491. The summed E-state index contributed by atoms with van der Waals surface area (Å²) in [6.07, 6.45) is 3.75. The zero-order chi connectivity index (χ0) is 22.5. The molecule has 2 fully saturated rings. The van der Waals surface area contributed by atoms with Gasteiger partial charge in [-0.1, -0.05) is 6.07 Å². The van der Waals surface area contributed by atoms with Gasteiger partial charge in [0.05, 0.1) is 30.3 Å². The van der Waals surface area contributed by atoms with Crippen LogP contribution < -0.4 is 21.3 Å². The van der Waals surface area contributed by atoms with Gasteiger partial charge in [-0.05, 0) is 55.3 Å². The van der Waals surface area contributed by atoms with E-state index < -0.39 is 0 Å². The number of hydrogen-bond acceptors (Lipinski definition) is 8. The molecule has 172 valence electrons. The summed E-state index contributed by atoms with van der Waals surface area (Å²) < 4.78 is 10.9. The van der Waals surface area contributed by atoms with E-state index in [9.17, 15) is 0 Å². The Morgan fingerprint density at radius 2 is 1.67 bits per heavy atom. The Kier molecular flexibility index (Phi) is 6.55. The molecule has 0 atom stereocenters. The van der Waals surface area contributed by atoms with E-state index in [-0.39, 0.29) is 0 Å². The molecule has 0 amide bonds. The highest BCUT2D eigenvalue weighted by Crippen LogP contribution is 2.28. The molecule has 1 aromatic heterocycles. The van der Waals surface area contributed by atoms with Gasteiger partial charge in [-0.3, -0.25) is 0 Å². The first-order valence-corrected chi connectivity index (χ1v) is 11.5. The summed E-state index contributed by atoms with van der Waals surface area (Å²) in [5.41, 5.74) is 11.9. The molecule has 3 heterocycles. The van der Waals surface area contributed by atoms with Crippen LogP contribution in [0.25, 0.3) is 11.3 Å². The average molecular weight is 447 g/mol. The predicted molar refractivity (Wildman–Crippen MR) is 132 cm³/mol. The van der Waals surface area contributed by atoms with Crippen molar-refractivity contribution in [1.29, 1.82) is 0 Å². The second kappa shape index (κ2) is 10.1. The molecule has 2 aromatic carbocycles. The van der Waals surface area contributed by atoms with E-state index >= 15 is 0 Å². The van der Waals surface area contributed by atoms with E-state index in [4.69, 9.17) is 20.2 Å². The highest BCUT2D eigenvalue weighted by atomic mass is 16.5. The van der Waals surface area contributed by atoms with Gasteiger partial charge < -0.3 is 30.7 Å². The zero-order valence-corrected chi connectivity index (χ0v) is 18.7. The highest BCUT2D eigenvalue weighted by molar-refractivity contribution is 5.75. The van der Waals surface area contributed by atoms with Crippen LogP contribution in [0, 0.1) is 0 Å². The van der Waals surface area contributed by atoms with E-state index in [2.05, 4.69) is 44.8 Å². The largest absolute Gasteiger partial charge is 0.397 e. The molecule has 2 aliphatic heterocycles. The summed E-state index contributed by atoms with van der Waals surface area (Å²) in [5.74, 6) is 0.551. The van der Waals surface area contributed by atoms with Crippen LogP contribution in [0.3, 0.4) is 0 Å². The standard InChI is InChI=1S/C25H30N6O2/c26-22-17-18(1-6-24(22)28-20-8-13-32-14-9-20)23-7-10-27-25(30-23)29-19-2-4-21(5-3-19)31-11-15-33-16-12-31/h1-7,10,17,20,28H,8-9,11-16,26H2,(H,27,29,30). The summed E-state index contributed by atoms with van der Waals surface area (Å²) in [5, 5.41) is 6.84. The molecule has 3 aromatic rings. The minimum Gasteiger partial charge on any atom is -0.397 e. The van der Waals surface area contributed by atoms with Crippen LogP contribution in [-0.2, 0) is 9.47 Å². The minimum absolute atomic E-state index is 0.399. The maximum absolute atomic E-state index is 6.35. The van der Waals surface area contributed by atoms with Crippen molar-refractivity contribution in [3.05, 3.63) is 54.7 Å². The molecule has 0 bridgehead atoms. The lowest BCUT2D eigenvalue weighted by Crippen LogP contribution is -2.36. The van der Waals surface area contributed by atoms with Crippen LogP contribution in [0.4, 0.5) is 28.7 Å². The Labute approximate surface area is 194 Å². The fourth-order valence-corrected chi connectivity index (χ4v) is 4.20. The molecule has 5 rings (SSSR count). The second-order valence-electron chi connectivity index (χ2n) is 8.37. The maximum Gasteiger partial charge on any atom is 0.227 e. The van der Waals surface area contributed by atoms with Gasteiger partial charge in [0.15, 0.2) is 0 Å². The fourth-order valence-electron chi connectivity index (χ4n) is 4.20. The van der Waals surface area contributed by atoms with Gasteiger partial charge >= 0.3 is 0 Å². The van der Waals surface area contributed by atoms with E-state index in [0.29, 0.717) is 17.7 Å². The van der Waals surface area contributed by atoms with E-state index in [1.54, 1.807) is 6.20 Å². The van der Waals surface area contributed by atoms with Crippen LogP contribution in [-0.4, -0.2) is 55.5 Å². The first-order valence-electron chi connectivity index (χ1n) is 11.5. The number of nitrogens with one attached hydrogen (secondary N) is 2. The van der Waals surface area contributed by atoms with Gasteiger partial charge in [0, 0.05) is 55.5 Å². The minimum atomic E-state index is 0.399. The predicted octanol–water partition coefficient (Wildman–Crippen LogP) is 3.90. The maximum atomic E-state index is 6.35. The SMILES string of the molecule is Nc1cc(-c2ccnc(Nc3ccc(N4CCOCC4)cc3)n2)ccc1NC1CCOCC1. The number of nitrogen functional groups attached to an aromatic ring is 1. The molecular formula is C25H30N6O2. The second-order valence-corrected chi connectivity index (χ2v) is 8.37. The Morgan fingerprint density at radius 1 is 0.909 bits per heavy atom. The third-order valence-electron chi connectivity index (χ3n) is 6.08. The monoisotopic (exact) mass is 446 g/mol. The molecule has 8 nitrogen and oxygen atoms in total. The number of morpholine rings is 1.